The monoisotopic (exact) mass is 412 g/mol. The third-order valence-electron chi connectivity index (χ3n) is 5.68. The summed E-state index contributed by atoms with van der Waals surface area (Å²) in [5.74, 6) is 1.43. The molecule has 0 radical (unpaired) electrons. The van der Waals surface area contributed by atoms with Crippen LogP contribution in [0.15, 0.2) is 48.3 Å². The number of hydrogen-bond donors (Lipinski definition) is 2. The lowest BCUT2D eigenvalue weighted by Crippen LogP contribution is -2.45. The smallest absolute Gasteiger partial charge is 0.245 e. The van der Waals surface area contributed by atoms with Gasteiger partial charge in [0.1, 0.15) is 18.3 Å². The number of likely N-dealkylation sites (tertiary alicyclic amines) is 1. The number of aromatic amines is 1. The van der Waals surface area contributed by atoms with E-state index in [0.717, 1.165) is 49.3 Å². The molecule has 4 rings (SSSR count). The zero-order valence-electron chi connectivity index (χ0n) is 17.1. The van der Waals surface area contributed by atoms with Crippen LogP contribution in [0.4, 0.5) is 4.39 Å². The van der Waals surface area contributed by atoms with E-state index in [4.69, 9.17) is 9.72 Å². The first-order chi connectivity index (χ1) is 14.7. The van der Waals surface area contributed by atoms with E-state index in [1.807, 2.05) is 18.2 Å². The van der Waals surface area contributed by atoms with E-state index in [-0.39, 0.29) is 24.3 Å². The minimum Gasteiger partial charge on any atom is -0.371 e. The number of halogens is 1. The second kappa shape index (κ2) is 10.00. The molecule has 1 fully saturated rings. The number of fused-ring (bicyclic) bond motifs is 1. The van der Waals surface area contributed by atoms with Gasteiger partial charge in [-0.25, -0.2) is 9.37 Å². The van der Waals surface area contributed by atoms with Crippen LogP contribution < -0.4 is 5.32 Å². The second-order valence-electron chi connectivity index (χ2n) is 8.11. The Morgan fingerprint density at radius 2 is 2.17 bits per heavy atom. The highest BCUT2D eigenvalue weighted by molar-refractivity contribution is 5.77. The number of hydrogen-bond acceptors (Lipinski definition) is 4. The topological polar surface area (TPSA) is 70.2 Å². The summed E-state index contributed by atoms with van der Waals surface area (Å²) in [7, 11) is 0. The molecule has 30 heavy (non-hydrogen) atoms. The Labute approximate surface area is 176 Å². The first kappa shape index (κ1) is 20.8. The van der Waals surface area contributed by atoms with Crippen molar-refractivity contribution in [3.05, 3.63) is 54.1 Å². The molecule has 0 spiro atoms. The Bertz CT molecular complexity index is 884. The molecule has 1 aromatic carbocycles. The summed E-state index contributed by atoms with van der Waals surface area (Å²) >= 11 is 0. The summed E-state index contributed by atoms with van der Waals surface area (Å²) in [6, 6.07) is 8.14. The third kappa shape index (κ3) is 5.55. The molecule has 1 aliphatic heterocycles. The van der Waals surface area contributed by atoms with E-state index in [1.165, 1.54) is 6.08 Å². The fraction of sp³-hybridized carbons (Fsp3) is 0.478. The van der Waals surface area contributed by atoms with Gasteiger partial charge in [0, 0.05) is 31.5 Å². The molecule has 1 atom stereocenters. The Hall–Kier alpha value is -2.51. The molecule has 0 bridgehead atoms. The number of rotatable bonds is 10. The molecule has 2 aliphatic rings. The number of amides is 1. The maximum atomic E-state index is 12.9. The van der Waals surface area contributed by atoms with E-state index in [9.17, 15) is 9.18 Å². The predicted molar refractivity (Wildman–Crippen MR) is 115 cm³/mol. The summed E-state index contributed by atoms with van der Waals surface area (Å²) < 4.78 is 18.3. The van der Waals surface area contributed by atoms with Gasteiger partial charge < -0.3 is 19.9 Å². The van der Waals surface area contributed by atoms with Crippen LogP contribution in [-0.4, -0.2) is 60.2 Å². The number of nitrogens with zero attached hydrogens (tertiary/aromatic N) is 2. The van der Waals surface area contributed by atoms with Crippen LogP contribution in [0.2, 0.25) is 0 Å². The summed E-state index contributed by atoms with van der Waals surface area (Å²) in [5, 5.41) is 2.90. The van der Waals surface area contributed by atoms with Gasteiger partial charge in [0.05, 0.1) is 17.6 Å². The highest BCUT2D eigenvalue weighted by atomic mass is 19.1. The first-order valence-electron chi connectivity index (χ1n) is 10.7. The number of aromatic nitrogens is 2. The zero-order chi connectivity index (χ0) is 20.8. The lowest BCUT2D eigenvalue weighted by molar-refractivity contribution is -0.126. The van der Waals surface area contributed by atoms with Crippen molar-refractivity contribution >= 4 is 16.9 Å². The molecule has 2 N–H and O–H groups in total. The van der Waals surface area contributed by atoms with Gasteiger partial charge in [0.2, 0.25) is 5.91 Å². The van der Waals surface area contributed by atoms with Crippen molar-refractivity contribution < 1.29 is 13.9 Å². The summed E-state index contributed by atoms with van der Waals surface area (Å²) in [5.41, 5.74) is 2.14. The van der Waals surface area contributed by atoms with Crippen molar-refractivity contribution in [2.45, 2.75) is 25.2 Å². The number of benzene rings is 1. The van der Waals surface area contributed by atoms with Crippen molar-refractivity contribution in [3.8, 4) is 0 Å². The average Bonchev–Trinajstić information content (AvgIpc) is 3.14. The van der Waals surface area contributed by atoms with Crippen LogP contribution >= 0.6 is 0 Å². The van der Waals surface area contributed by atoms with Crippen LogP contribution in [0, 0.1) is 5.92 Å². The van der Waals surface area contributed by atoms with Gasteiger partial charge in [-0.1, -0.05) is 18.2 Å². The van der Waals surface area contributed by atoms with Gasteiger partial charge in [0.25, 0.3) is 0 Å². The number of ether oxygens (including phenoxy) is 1. The second-order valence-corrected chi connectivity index (χ2v) is 8.11. The van der Waals surface area contributed by atoms with Crippen molar-refractivity contribution in [2.75, 3.05) is 39.4 Å². The molecule has 2 aromatic rings. The number of H-pyrrole nitrogens is 1. The fourth-order valence-corrected chi connectivity index (χ4v) is 3.90. The number of nitrogens with one attached hydrogen (secondary N) is 2. The molecule has 1 amide bonds. The Balaban J connectivity index is 1.02. The highest BCUT2D eigenvalue weighted by Gasteiger charge is 2.29. The van der Waals surface area contributed by atoms with E-state index in [1.54, 1.807) is 12.2 Å². The van der Waals surface area contributed by atoms with E-state index < -0.39 is 0 Å². The van der Waals surface area contributed by atoms with Gasteiger partial charge in [-0.3, -0.25) is 4.79 Å². The zero-order valence-corrected chi connectivity index (χ0v) is 17.1. The van der Waals surface area contributed by atoms with Crippen LogP contribution in [0.5, 0.6) is 0 Å². The molecule has 0 saturated carbocycles. The predicted octanol–water partition coefficient (Wildman–Crippen LogP) is 3.30. The Morgan fingerprint density at radius 3 is 2.97 bits per heavy atom. The molecule has 6 nitrogen and oxygen atoms in total. The normalized spacial score (nSPS) is 19.6. The maximum Gasteiger partial charge on any atom is 0.245 e. The molecule has 7 heteroatoms. The number of unbranched alkanes of at least 4 members (excludes halogenated alkanes) is 1. The standard InChI is InChI=1S/C23H29FN4O2/c24-19-9-7-17(8-10-19)15-30-16-22(29)25-11-3-4-12-28-13-18(14-28)23-26-20-5-1-2-6-21(20)27-23/h1-2,5-7,9-10,17-18H,3-4,8,11-16H2,(H,25,29)(H,26,27). The number of para-hydroxylation sites is 2. The minimum atomic E-state index is -0.202. The van der Waals surface area contributed by atoms with Gasteiger partial charge in [0.15, 0.2) is 0 Å². The van der Waals surface area contributed by atoms with E-state index in [2.05, 4.69) is 21.3 Å². The van der Waals surface area contributed by atoms with Crippen LogP contribution in [-0.2, 0) is 9.53 Å². The SMILES string of the molecule is O=C(COCC1C=CC(F)=CC1)NCCCCN1CC(c2nc3ccccc3[nH]2)C1. The maximum absolute atomic E-state index is 12.9. The molecule has 1 saturated heterocycles. The van der Waals surface area contributed by atoms with Crippen molar-refractivity contribution in [2.24, 2.45) is 5.92 Å². The summed E-state index contributed by atoms with van der Waals surface area (Å²) in [6.07, 6.45) is 7.42. The summed E-state index contributed by atoms with van der Waals surface area (Å²) in [6.45, 7) is 4.28. The molecule has 2 heterocycles. The van der Waals surface area contributed by atoms with Crippen LogP contribution in [0.3, 0.4) is 0 Å². The number of imidazole rings is 1. The lowest BCUT2D eigenvalue weighted by atomic mass is 9.99. The van der Waals surface area contributed by atoms with Gasteiger partial charge in [-0.05, 0) is 50.1 Å². The lowest BCUT2D eigenvalue weighted by Gasteiger charge is -2.38. The van der Waals surface area contributed by atoms with Gasteiger partial charge in [-0.2, -0.15) is 0 Å². The molecule has 1 aromatic heterocycles. The molecule has 1 unspecified atom stereocenters. The first-order valence-corrected chi connectivity index (χ1v) is 10.7. The number of carbonyl (C=O) groups excluding carboxylic acids is 1. The third-order valence-corrected chi connectivity index (χ3v) is 5.68. The van der Waals surface area contributed by atoms with Crippen LogP contribution in [0.25, 0.3) is 11.0 Å². The highest BCUT2D eigenvalue weighted by Crippen LogP contribution is 2.26. The van der Waals surface area contributed by atoms with Gasteiger partial charge in [-0.15, -0.1) is 0 Å². The van der Waals surface area contributed by atoms with E-state index >= 15 is 0 Å². The average molecular weight is 413 g/mol. The van der Waals surface area contributed by atoms with Crippen molar-refractivity contribution in [1.29, 1.82) is 0 Å². The molecule has 1 aliphatic carbocycles. The van der Waals surface area contributed by atoms with Crippen molar-refractivity contribution in [3.63, 3.8) is 0 Å². The van der Waals surface area contributed by atoms with Crippen molar-refractivity contribution in [1.82, 2.24) is 20.2 Å². The quantitative estimate of drug-likeness (QED) is 0.588. The number of carbonyl (C=O) groups is 1. The fourth-order valence-electron chi connectivity index (χ4n) is 3.90. The van der Waals surface area contributed by atoms with Gasteiger partial charge >= 0.3 is 0 Å². The Morgan fingerprint density at radius 1 is 1.30 bits per heavy atom. The number of allylic oxidation sites excluding steroid dienone is 3. The van der Waals surface area contributed by atoms with E-state index in [0.29, 0.717) is 25.5 Å². The Kier molecular flexibility index (Phi) is 6.92. The largest absolute Gasteiger partial charge is 0.371 e. The molecular weight excluding hydrogens is 383 g/mol. The van der Waals surface area contributed by atoms with Crippen LogP contribution in [0.1, 0.15) is 31.0 Å². The summed E-state index contributed by atoms with van der Waals surface area (Å²) in [4.78, 5) is 22.4. The molecule has 160 valence electrons. The molecular formula is C23H29FN4O2. The minimum absolute atomic E-state index is 0.0574.